The van der Waals surface area contributed by atoms with Gasteiger partial charge in [-0.2, -0.15) is 4.31 Å². The highest BCUT2D eigenvalue weighted by atomic mass is 32.2. The average molecular weight is 377 g/mol. The van der Waals surface area contributed by atoms with Crippen LogP contribution in [-0.4, -0.2) is 36.9 Å². The molecule has 0 saturated carbocycles. The molecule has 2 aromatic rings. The van der Waals surface area contributed by atoms with Crippen LogP contribution in [0.15, 0.2) is 33.7 Å². The number of hydrogen-bond donors (Lipinski definition) is 1. The lowest BCUT2D eigenvalue weighted by molar-refractivity contribution is -0.120. The Labute approximate surface area is 153 Å². The summed E-state index contributed by atoms with van der Waals surface area (Å²) < 4.78 is 32.3. The van der Waals surface area contributed by atoms with Crippen molar-refractivity contribution in [3.05, 3.63) is 41.3 Å². The standard InChI is InChI=1S/C18H23N3O4S/c1-12-7-4-5-9-16(12)19-18(22)15-8-6-10-21(11-15)26(23,24)17-13(2)20-25-14(17)3/h4-5,7,9,15H,6,8,10-11H2,1-3H3,(H,19,22)/t15-/m0/s1. The summed E-state index contributed by atoms with van der Waals surface area (Å²) in [6, 6.07) is 7.53. The first-order valence-electron chi connectivity index (χ1n) is 8.60. The van der Waals surface area contributed by atoms with Gasteiger partial charge in [0.05, 0.1) is 5.92 Å². The van der Waals surface area contributed by atoms with E-state index >= 15 is 0 Å². The van der Waals surface area contributed by atoms with Crippen LogP contribution in [0.5, 0.6) is 0 Å². The Morgan fingerprint density at radius 3 is 2.65 bits per heavy atom. The normalized spacial score (nSPS) is 18.7. The van der Waals surface area contributed by atoms with Crippen LogP contribution >= 0.6 is 0 Å². The van der Waals surface area contributed by atoms with Crippen LogP contribution in [0.1, 0.15) is 29.9 Å². The molecule has 0 radical (unpaired) electrons. The first-order valence-corrected chi connectivity index (χ1v) is 10.0. The van der Waals surface area contributed by atoms with Crippen LogP contribution in [0.3, 0.4) is 0 Å². The summed E-state index contributed by atoms with van der Waals surface area (Å²) >= 11 is 0. The summed E-state index contributed by atoms with van der Waals surface area (Å²) in [6.07, 6.45) is 1.29. The largest absolute Gasteiger partial charge is 0.360 e. The molecule has 1 fully saturated rings. The predicted octanol–water partition coefficient (Wildman–Crippen LogP) is 2.64. The maximum absolute atomic E-state index is 13.0. The molecule has 26 heavy (non-hydrogen) atoms. The number of benzene rings is 1. The van der Waals surface area contributed by atoms with Gasteiger partial charge in [-0.25, -0.2) is 8.42 Å². The Kier molecular flexibility index (Phi) is 5.15. The van der Waals surface area contributed by atoms with E-state index in [1.807, 2.05) is 31.2 Å². The maximum atomic E-state index is 13.0. The monoisotopic (exact) mass is 377 g/mol. The van der Waals surface area contributed by atoms with E-state index in [9.17, 15) is 13.2 Å². The Bertz CT molecular complexity index is 901. The molecule has 2 heterocycles. The lowest BCUT2D eigenvalue weighted by atomic mass is 9.98. The zero-order chi connectivity index (χ0) is 18.9. The molecule has 0 aliphatic carbocycles. The van der Waals surface area contributed by atoms with Crippen molar-refractivity contribution < 1.29 is 17.7 Å². The molecule has 0 bridgehead atoms. The summed E-state index contributed by atoms with van der Waals surface area (Å²) in [7, 11) is -3.73. The fourth-order valence-electron chi connectivity index (χ4n) is 3.29. The third-order valence-corrected chi connectivity index (χ3v) is 6.83. The number of rotatable bonds is 4. The fourth-order valence-corrected chi connectivity index (χ4v) is 5.11. The summed E-state index contributed by atoms with van der Waals surface area (Å²) in [4.78, 5) is 12.8. The molecule has 1 aromatic heterocycles. The van der Waals surface area contributed by atoms with Crippen molar-refractivity contribution >= 4 is 21.6 Å². The highest BCUT2D eigenvalue weighted by molar-refractivity contribution is 7.89. The van der Waals surface area contributed by atoms with Gasteiger partial charge in [-0.15, -0.1) is 0 Å². The SMILES string of the molecule is Cc1ccccc1NC(=O)[C@H]1CCCN(S(=O)(=O)c2c(C)noc2C)C1. The van der Waals surface area contributed by atoms with Crippen molar-refractivity contribution in [1.82, 2.24) is 9.46 Å². The van der Waals surface area contributed by atoms with Gasteiger partial charge >= 0.3 is 0 Å². The van der Waals surface area contributed by atoms with Gasteiger partial charge in [0.25, 0.3) is 0 Å². The third kappa shape index (κ3) is 3.52. The van der Waals surface area contributed by atoms with E-state index in [-0.39, 0.29) is 23.1 Å². The number of anilines is 1. The van der Waals surface area contributed by atoms with E-state index < -0.39 is 15.9 Å². The smallest absolute Gasteiger partial charge is 0.248 e. The number of piperidine rings is 1. The van der Waals surface area contributed by atoms with Crippen LogP contribution in [0.2, 0.25) is 0 Å². The topological polar surface area (TPSA) is 92.5 Å². The third-order valence-electron chi connectivity index (χ3n) is 4.72. The second kappa shape index (κ2) is 7.20. The molecular formula is C18H23N3O4S. The first kappa shape index (κ1) is 18.6. The van der Waals surface area contributed by atoms with E-state index in [0.717, 1.165) is 11.3 Å². The van der Waals surface area contributed by atoms with Crippen LogP contribution in [0, 0.1) is 26.7 Å². The second-order valence-corrected chi connectivity index (χ2v) is 8.53. The predicted molar refractivity (Wildman–Crippen MR) is 97.3 cm³/mol. The highest BCUT2D eigenvalue weighted by Crippen LogP contribution is 2.28. The minimum atomic E-state index is -3.73. The maximum Gasteiger partial charge on any atom is 0.248 e. The molecule has 1 aliphatic rings. The van der Waals surface area contributed by atoms with Crippen molar-refractivity contribution in [3.8, 4) is 0 Å². The Morgan fingerprint density at radius 2 is 2.00 bits per heavy atom. The number of nitrogens with zero attached hydrogens (tertiary/aromatic N) is 2. The van der Waals surface area contributed by atoms with Crippen molar-refractivity contribution in [3.63, 3.8) is 0 Å². The van der Waals surface area contributed by atoms with Crippen molar-refractivity contribution in [2.45, 2.75) is 38.5 Å². The summed E-state index contributed by atoms with van der Waals surface area (Å²) in [5, 5.41) is 6.65. The molecule has 8 heteroatoms. The number of aromatic nitrogens is 1. The number of carbonyl (C=O) groups excluding carboxylic acids is 1. The Hall–Kier alpha value is -2.19. The molecule has 1 aromatic carbocycles. The van der Waals surface area contributed by atoms with Crippen LogP contribution in [0.25, 0.3) is 0 Å². The van der Waals surface area contributed by atoms with Gasteiger partial charge < -0.3 is 9.84 Å². The van der Waals surface area contributed by atoms with Crippen molar-refractivity contribution in [1.29, 1.82) is 0 Å². The van der Waals surface area contributed by atoms with Gasteiger partial charge in [0.2, 0.25) is 15.9 Å². The molecule has 7 nitrogen and oxygen atoms in total. The van der Waals surface area contributed by atoms with Crippen LogP contribution < -0.4 is 5.32 Å². The molecule has 1 saturated heterocycles. The van der Waals surface area contributed by atoms with E-state index in [1.165, 1.54) is 4.31 Å². The minimum absolute atomic E-state index is 0.109. The van der Waals surface area contributed by atoms with Gasteiger partial charge in [0.1, 0.15) is 10.6 Å². The van der Waals surface area contributed by atoms with Crippen molar-refractivity contribution in [2.75, 3.05) is 18.4 Å². The van der Waals surface area contributed by atoms with Gasteiger partial charge in [-0.3, -0.25) is 4.79 Å². The lowest BCUT2D eigenvalue weighted by Crippen LogP contribution is -2.44. The minimum Gasteiger partial charge on any atom is -0.360 e. The molecular weight excluding hydrogens is 354 g/mol. The van der Waals surface area contributed by atoms with E-state index in [2.05, 4.69) is 10.5 Å². The summed E-state index contributed by atoms with van der Waals surface area (Å²) in [5.41, 5.74) is 2.06. The number of nitrogens with one attached hydrogen (secondary N) is 1. The quantitative estimate of drug-likeness (QED) is 0.884. The lowest BCUT2D eigenvalue weighted by Gasteiger charge is -2.31. The molecule has 1 N–H and O–H groups in total. The van der Waals surface area contributed by atoms with E-state index in [0.29, 0.717) is 25.1 Å². The number of amides is 1. The zero-order valence-electron chi connectivity index (χ0n) is 15.2. The van der Waals surface area contributed by atoms with Crippen LogP contribution in [-0.2, 0) is 14.8 Å². The van der Waals surface area contributed by atoms with E-state index in [4.69, 9.17) is 4.52 Å². The summed E-state index contributed by atoms with van der Waals surface area (Å²) in [5.74, 6) is -0.273. The molecule has 3 rings (SSSR count). The van der Waals surface area contributed by atoms with Gasteiger partial charge in [0, 0.05) is 18.8 Å². The first-order chi connectivity index (χ1) is 12.3. The molecule has 0 spiro atoms. The molecule has 1 aliphatic heterocycles. The number of para-hydroxylation sites is 1. The highest BCUT2D eigenvalue weighted by Gasteiger charge is 2.36. The Balaban J connectivity index is 1.77. The molecule has 140 valence electrons. The van der Waals surface area contributed by atoms with Crippen LogP contribution in [0.4, 0.5) is 5.69 Å². The molecule has 1 amide bonds. The van der Waals surface area contributed by atoms with Crippen molar-refractivity contribution in [2.24, 2.45) is 5.92 Å². The number of aryl methyl sites for hydroxylation is 3. The summed E-state index contributed by atoms with van der Waals surface area (Å²) in [6.45, 7) is 5.66. The van der Waals surface area contributed by atoms with Gasteiger partial charge in [-0.05, 0) is 45.2 Å². The number of sulfonamides is 1. The van der Waals surface area contributed by atoms with Gasteiger partial charge in [0.15, 0.2) is 5.76 Å². The number of hydrogen-bond acceptors (Lipinski definition) is 5. The average Bonchev–Trinajstić information content (AvgIpc) is 2.96. The number of carbonyl (C=O) groups is 1. The zero-order valence-corrected chi connectivity index (χ0v) is 16.0. The molecule has 0 unspecified atom stereocenters. The van der Waals surface area contributed by atoms with E-state index in [1.54, 1.807) is 13.8 Å². The second-order valence-electron chi connectivity index (χ2n) is 6.66. The molecule has 1 atom stereocenters. The Morgan fingerprint density at radius 1 is 1.27 bits per heavy atom. The van der Waals surface area contributed by atoms with Gasteiger partial charge in [-0.1, -0.05) is 23.4 Å². The fraction of sp³-hybridized carbons (Fsp3) is 0.444.